The van der Waals surface area contributed by atoms with Gasteiger partial charge < -0.3 is 14.9 Å². The van der Waals surface area contributed by atoms with Gasteiger partial charge in [0, 0.05) is 28.6 Å². The number of nitrogens with one attached hydrogen (secondary N) is 2. The van der Waals surface area contributed by atoms with Crippen molar-refractivity contribution in [3.8, 4) is 5.88 Å². The van der Waals surface area contributed by atoms with Gasteiger partial charge in [-0.2, -0.15) is 0 Å². The van der Waals surface area contributed by atoms with E-state index in [9.17, 15) is 4.79 Å². The van der Waals surface area contributed by atoms with Gasteiger partial charge in [0.1, 0.15) is 0 Å². The Kier molecular flexibility index (Phi) is 6.87. The summed E-state index contributed by atoms with van der Waals surface area (Å²) in [6, 6.07) is 5.07. The Morgan fingerprint density at radius 2 is 2.05 bits per heavy atom. The molecular formula is C14H16BrClN2O3. The number of halogens is 2. The molecule has 2 N–H and O–H groups in total. The van der Waals surface area contributed by atoms with Crippen molar-refractivity contribution < 1.29 is 9.47 Å². The van der Waals surface area contributed by atoms with E-state index < -0.39 is 0 Å². The molecule has 5 nitrogen and oxygen atoms in total. The molecule has 114 valence electrons. The first-order valence-corrected chi connectivity index (χ1v) is 7.91. The Hall–Kier alpha value is -1.37. The van der Waals surface area contributed by atoms with Crippen molar-refractivity contribution in [2.24, 2.45) is 0 Å². The zero-order valence-electron chi connectivity index (χ0n) is 11.9. The molecule has 0 bridgehead atoms. The van der Waals surface area contributed by atoms with E-state index in [0.29, 0.717) is 21.4 Å². The Morgan fingerprint density at radius 1 is 1.38 bits per heavy atom. The third-order valence-corrected chi connectivity index (χ3v) is 2.88. The smallest absolute Gasteiger partial charge is 0.260 e. The predicted octanol–water partition coefficient (Wildman–Crippen LogP) is 3.56. The Labute approximate surface area is 135 Å². The van der Waals surface area contributed by atoms with Crippen LogP contribution >= 0.6 is 27.5 Å². The molecule has 0 amide bonds. The topological polar surface area (TPSA) is 75.2 Å². The maximum absolute atomic E-state index is 12.0. The van der Waals surface area contributed by atoms with Crippen molar-refractivity contribution in [2.75, 3.05) is 19.7 Å². The molecule has 0 saturated heterocycles. The number of ether oxygens (including phenoxy) is 2. The molecular weight excluding hydrogens is 360 g/mol. The first-order valence-electron chi connectivity index (χ1n) is 5.95. The molecule has 0 aliphatic rings. The number of rotatable bonds is 4. The van der Waals surface area contributed by atoms with E-state index in [1.165, 1.54) is 7.11 Å². The second kappa shape index (κ2) is 8.17. The lowest BCUT2D eigenvalue weighted by Crippen LogP contribution is -2.18. The van der Waals surface area contributed by atoms with Crippen LogP contribution in [0.2, 0.25) is 5.02 Å². The van der Waals surface area contributed by atoms with Crippen molar-refractivity contribution in [1.82, 2.24) is 4.98 Å². The number of hydrogen-bond acceptors (Lipinski definition) is 4. The molecule has 21 heavy (non-hydrogen) atoms. The zero-order valence-corrected chi connectivity index (χ0v) is 14.3. The van der Waals surface area contributed by atoms with Crippen molar-refractivity contribution in [3.05, 3.63) is 39.1 Å². The number of aromatic amines is 1. The standard InChI is InChI=1S/C13H13ClN2O3.CH3Br/c1-7(15)11-9-4-3-8(14)5-10(9)13(16-12(11)17)19-6-18-2;1-2/h3-5,15H,6H2,1-2H3,(H,16,17);1H3. The Bertz CT molecular complexity index is 700. The van der Waals surface area contributed by atoms with Crippen LogP contribution in [0.3, 0.4) is 0 Å². The lowest BCUT2D eigenvalue weighted by Gasteiger charge is -2.11. The highest BCUT2D eigenvalue weighted by atomic mass is 79.9. The average Bonchev–Trinajstić information content (AvgIpc) is 2.46. The van der Waals surface area contributed by atoms with Crippen molar-refractivity contribution in [3.63, 3.8) is 0 Å². The second-order valence-electron chi connectivity index (χ2n) is 4.02. The van der Waals surface area contributed by atoms with Gasteiger partial charge in [-0.1, -0.05) is 33.6 Å². The molecule has 0 unspecified atom stereocenters. The molecule has 2 rings (SSSR count). The second-order valence-corrected chi connectivity index (χ2v) is 4.46. The fraction of sp³-hybridized carbons (Fsp3) is 0.286. The van der Waals surface area contributed by atoms with Crippen LogP contribution in [0.1, 0.15) is 12.5 Å². The largest absolute Gasteiger partial charge is 0.452 e. The number of pyridine rings is 1. The number of fused-ring (bicyclic) bond motifs is 1. The monoisotopic (exact) mass is 374 g/mol. The van der Waals surface area contributed by atoms with E-state index in [0.717, 1.165) is 0 Å². The highest BCUT2D eigenvalue weighted by Crippen LogP contribution is 2.27. The van der Waals surface area contributed by atoms with Crippen LogP contribution in [0.5, 0.6) is 5.88 Å². The molecule has 0 radical (unpaired) electrons. The summed E-state index contributed by atoms with van der Waals surface area (Å²) in [5, 5.41) is 9.50. The summed E-state index contributed by atoms with van der Waals surface area (Å²) in [7, 11) is 1.49. The third-order valence-electron chi connectivity index (χ3n) is 2.65. The minimum absolute atomic E-state index is 0.0144. The number of hydrogen-bond donors (Lipinski definition) is 2. The number of benzene rings is 1. The lowest BCUT2D eigenvalue weighted by molar-refractivity contribution is 0.0489. The van der Waals surface area contributed by atoms with Crippen molar-refractivity contribution in [1.29, 1.82) is 5.41 Å². The van der Waals surface area contributed by atoms with Gasteiger partial charge in [-0.15, -0.1) is 0 Å². The summed E-state index contributed by atoms with van der Waals surface area (Å²) in [6.07, 6.45) is 0. The average molecular weight is 376 g/mol. The molecule has 0 saturated carbocycles. The SMILES string of the molecule is CBr.COCOc1[nH]c(=O)c(C(C)=N)c2ccc(Cl)cc12. The molecule has 0 fully saturated rings. The summed E-state index contributed by atoms with van der Waals surface area (Å²) < 4.78 is 10.2. The van der Waals surface area contributed by atoms with Crippen molar-refractivity contribution >= 4 is 44.0 Å². The lowest BCUT2D eigenvalue weighted by atomic mass is 10.0. The molecule has 1 aromatic heterocycles. The van der Waals surface area contributed by atoms with Gasteiger partial charge in [-0.3, -0.25) is 9.78 Å². The summed E-state index contributed by atoms with van der Waals surface area (Å²) >= 11 is 8.90. The van der Waals surface area contributed by atoms with Crippen LogP contribution in [0.4, 0.5) is 0 Å². The van der Waals surface area contributed by atoms with Crippen LogP contribution in [-0.2, 0) is 4.74 Å². The normalized spacial score (nSPS) is 9.95. The summed E-state index contributed by atoms with van der Waals surface area (Å²) in [6.45, 7) is 1.58. The molecule has 0 spiro atoms. The summed E-state index contributed by atoms with van der Waals surface area (Å²) in [4.78, 5) is 14.6. The number of alkyl halides is 1. The van der Waals surface area contributed by atoms with Crippen LogP contribution in [-0.4, -0.2) is 30.4 Å². The molecule has 0 aliphatic carbocycles. The van der Waals surface area contributed by atoms with Gasteiger partial charge in [-0.25, -0.2) is 0 Å². The zero-order chi connectivity index (χ0) is 16.0. The third kappa shape index (κ3) is 4.06. The summed E-state index contributed by atoms with van der Waals surface area (Å²) in [5.41, 5.74) is 0.136. The van der Waals surface area contributed by atoms with E-state index in [-0.39, 0.29) is 23.9 Å². The fourth-order valence-corrected chi connectivity index (χ4v) is 2.05. The predicted molar refractivity (Wildman–Crippen MR) is 89.4 cm³/mol. The molecule has 1 heterocycles. The van der Waals surface area contributed by atoms with Crippen LogP contribution < -0.4 is 10.3 Å². The van der Waals surface area contributed by atoms with E-state index >= 15 is 0 Å². The Morgan fingerprint density at radius 3 is 2.62 bits per heavy atom. The van der Waals surface area contributed by atoms with E-state index in [1.54, 1.807) is 25.1 Å². The highest BCUT2D eigenvalue weighted by Gasteiger charge is 2.13. The maximum atomic E-state index is 12.0. The molecule has 0 aliphatic heterocycles. The van der Waals surface area contributed by atoms with Crippen LogP contribution in [0.15, 0.2) is 23.0 Å². The first-order chi connectivity index (χ1) is 10.0. The van der Waals surface area contributed by atoms with Gasteiger partial charge in [0.25, 0.3) is 5.56 Å². The van der Waals surface area contributed by atoms with Gasteiger partial charge in [0.2, 0.25) is 5.88 Å². The minimum atomic E-state index is -0.367. The quantitative estimate of drug-likeness (QED) is 0.487. The van der Waals surface area contributed by atoms with Crippen LogP contribution in [0, 0.1) is 5.41 Å². The van der Waals surface area contributed by atoms with Crippen molar-refractivity contribution in [2.45, 2.75) is 6.92 Å². The molecule has 0 atom stereocenters. The Balaban J connectivity index is 0.00000106. The van der Waals surface area contributed by atoms with Gasteiger partial charge >= 0.3 is 0 Å². The maximum Gasteiger partial charge on any atom is 0.260 e. The van der Waals surface area contributed by atoms with E-state index in [1.807, 2.05) is 5.83 Å². The van der Waals surface area contributed by atoms with E-state index in [2.05, 4.69) is 20.9 Å². The highest BCUT2D eigenvalue weighted by molar-refractivity contribution is 9.08. The first kappa shape index (κ1) is 17.7. The number of aromatic nitrogens is 1. The van der Waals surface area contributed by atoms with Gasteiger partial charge in [0.15, 0.2) is 6.79 Å². The van der Waals surface area contributed by atoms with Crippen LogP contribution in [0.25, 0.3) is 10.8 Å². The minimum Gasteiger partial charge on any atom is -0.452 e. The molecule has 7 heteroatoms. The number of H-pyrrole nitrogens is 1. The summed E-state index contributed by atoms with van der Waals surface area (Å²) in [5.74, 6) is 2.10. The fourth-order valence-electron chi connectivity index (χ4n) is 1.88. The number of methoxy groups -OCH3 is 1. The van der Waals surface area contributed by atoms with Gasteiger partial charge in [0.05, 0.1) is 5.56 Å². The van der Waals surface area contributed by atoms with E-state index in [4.69, 9.17) is 26.5 Å². The molecule has 1 aromatic carbocycles. The molecule has 2 aromatic rings. The van der Waals surface area contributed by atoms with Gasteiger partial charge in [-0.05, 0) is 24.9 Å².